The van der Waals surface area contributed by atoms with E-state index in [0.717, 1.165) is 31.7 Å². The van der Waals surface area contributed by atoms with Crippen molar-refractivity contribution in [1.82, 2.24) is 5.32 Å². The first-order valence-electron chi connectivity index (χ1n) is 5.44. The molecular weight excluding hydrogens is 164 g/mol. The summed E-state index contributed by atoms with van der Waals surface area (Å²) in [4.78, 5) is 0. The van der Waals surface area contributed by atoms with E-state index >= 15 is 0 Å². The van der Waals surface area contributed by atoms with Gasteiger partial charge in [-0.25, -0.2) is 0 Å². The normalized spacial score (nSPS) is 27.5. The lowest BCUT2D eigenvalue weighted by atomic mass is 9.92. The molecule has 0 aromatic rings. The van der Waals surface area contributed by atoms with Crippen LogP contribution in [0, 0.1) is 5.92 Å². The monoisotopic (exact) mass is 184 g/mol. The Morgan fingerprint density at radius 2 is 1.92 bits per heavy atom. The molecule has 13 heavy (non-hydrogen) atoms. The van der Waals surface area contributed by atoms with Crippen LogP contribution in [0.3, 0.4) is 0 Å². The van der Waals surface area contributed by atoms with Gasteiger partial charge in [0.15, 0.2) is 0 Å². The van der Waals surface area contributed by atoms with Crippen LogP contribution >= 0.6 is 0 Å². The summed E-state index contributed by atoms with van der Waals surface area (Å²) < 4.78 is 5.35. The maximum Gasteiger partial charge on any atom is 0.0469 e. The molecule has 1 atom stereocenters. The Morgan fingerprint density at radius 1 is 1.23 bits per heavy atom. The summed E-state index contributed by atoms with van der Waals surface area (Å²) >= 11 is 0. The summed E-state index contributed by atoms with van der Waals surface area (Å²) in [5.74, 6) is 0.749. The van der Waals surface area contributed by atoms with Gasteiger partial charge in [0.1, 0.15) is 0 Å². The Balaban J connectivity index is 1.78. The van der Waals surface area contributed by atoms with Crippen LogP contribution in [0.1, 0.15) is 25.7 Å². The van der Waals surface area contributed by atoms with Crippen LogP contribution in [0.15, 0.2) is 0 Å². The highest BCUT2D eigenvalue weighted by Crippen LogP contribution is 2.24. The highest BCUT2D eigenvalue weighted by molar-refractivity contribution is 4.88. The predicted octanol–water partition coefficient (Wildman–Crippen LogP) is 0.492. The Kier molecular flexibility index (Phi) is 3.19. The van der Waals surface area contributed by atoms with E-state index in [9.17, 15) is 0 Å². The summed E-state index contributed by atoms with van der Waals surface area (Å²) in [5.41, 5.74) is 5.78. The van der Waals surface area contributed by atoms with E-state index in [1.165, 1.54) is 25.7 Å². The van der Waals surface area contributed by atoms with Gasteiger partial charge in [-0.05, 0) is 31.6 Å². The van der Waals surface area contributed by atoms with Gasteiger partial charge in [0.25, 0.3) is 0 Å². The molecule has 3 heteroatoms. The molecule has 0 aromatic carbocycles. The minimum absolute atomic E-state index is 0.538. The van der Waals surface area contributed by atoms with Crippen molar-refractivity contribution in [1.29, 1.82) is 0 Å². The number of ether oxygens (including phenoxy) is 1. The summed E-state index contributed by atoms with van der Waals surface area (Å²) in [7, 11) is 0. The van der Waals surface area contributed by atoms with E-state index in [1.54, 1.807) is 0 Å². The molecule has 1 unspecified atom stereocenters. The first kappa shape index (κ1) is 9.44. The minimum atomic E-state index is 0.538. The third-order valence-electron chi connectivity index (χ3n) is 3.12. The van der Waals surface area contributed by atoms with E-state index in [4.69, 9.17) is 10.5 Å². The molecule has 3 N–H and O–H groups in total. The molecule has 0 spiro atoms. The average molecular weight is 184 g/mol. The molecule has 2 fully saturated rings. The standard InChI is InChI=1S/C10H20N2O/c11-7-10(12-9-1-2-9)8-3-5-13-6-4-8/h8-10,12H,1-7,11H2. The lowest BCUT2D eigenvalue weighted by Gasteiger charge is -2.30. The van der Waals surface area contributed by atoms with Gasteiger partial charge in [0, 0.05) is 31.8 Å². The molecule has 1 aliphatic carbocycles. The van der Waals surface area contributed by atoms with Gasteiger partial charge in [-0.2, -0.15) is 0 Å². The lowest BCUT2D eigenvalue weighted by molar-refractivity contribution is 0.0545. The molecule has 1 saturated carbocycles. The molecule has 0 amide bonds. The van der Waals surface area contributed by atoms with Crippen molar-refractivity contribution in [2.75, 3.05) is 19.8 Å². The van der Waals surface area contributed by atoms with Gasteiger partial charge in [0.05, 0.1) is 0 Å². The van der Waals surface area contributed by atoms with Crippen molar-refractivity contribution < 1.29 is 4.74 Å². The van der Waals surface area contributed by atoms with Crippen molar-refractivity contribution in [3.8, 4) is 0 Å². The zero-order valence-electron chi connectivity index (χ0n) is 8.17. The van der Waals surface area contributed by atoms with Crippen LogP contribution in [0.4, 0.5) is 0 Å². The minimum Gasteiger partial charge on any atom is -0.381 e. The smallest absolute Gasteiger partial charge is 0.0469 e. The summed E-state index contributed by atoms with van der Waals surface area (Å²) in [6, 6.07) is 1.31. The van der Waals surface area contributed by atoms with Gasteiger partial charge in [0.2, 0.25) is 0 Å². The zero-order chi connectivity index (χ0) is 9.10. The molecule has 1 saturated heterocycles. The first-order valence-corrected chi connectivity index (χ1v) is 5.44. The van der Waals surface area contributed by atoms with E-state index in [2.05, 4.69) is 5.32 Å². The number of nitrogens with one attached hydrogen (secondary N) is 1. The highest BCUT2D eigenvalue weighted by Gasteiger charge is 2.29. The number of hydrogen-bond donors (Lipinski definition) is 2. The molecule has 1 aliphatic heterocycles. The average Bonchev–Trinajstić information content (AvgIpc) is 2.99. The Morgan fingerprint density at radius 3 is 2.46 bits per heavy atom. The first-order chi connectivity index (χ1) is 6.40. The summed E-state index contributed by atoms with van der Waals surface area (Å²) in [6.07, 6.45) is 5.06. The molecular formula is C10H20N2O. The van der Waals surface area contributed by atoms with Crippen molar-refractivity contribution in [2.45, 2.75) is 37.8 Å². The van der Waals surface area contributed by atoms with Crippen LogP contribution in [0.5, 0.6) is 0 Å². The molecule has 1 heterocycles. The van der Waals surface area contributed by atoms with E-state index < -0.39 is 0 Å². The predicted molar refractivity (Wildman–Crippen MR) is 52.5 cm³/mol. The third kappa shape index (κ3) is 2.66. The zero-order valence-corrected chi connectivity index (χ0v) is 8.17. The van der Waals surface area contributed by atoms with Crippen LogP contribution in [-0.4, -0.2) is 31.8 Å². The van der Waals surface area contributed by atoms with Crippen molar-refractivity contribution in [3.05, 3.63) is 0 Å². The Labute approximate surface area is 80.0 Å². The molecule has 0 radical (unpaired) electrons. The van der Waals surface area contributed by atoms with Crippen LogP contribution in [0.25, 0.3) is 0 Å². The second-order valence-corrected chi connectivity index (χ2v) is 4.23. The quantitative estimate of drug-likeness (QED) is 0.668. The van der Waals surface area contributed by atoms with Gasteiger partial charge in [-0.1, -0.05) is 0 Å². The third-order valence-corrected chi connectivity index (χ3v) is 3.12. The van der Waals surface area contributed by atoms with E-state index in [1.807, 2.05) is 0 Å². The maximum atomic E-state index is 5.78. The van der Waals surface area contributed by atoms with E-state index in [-0.39, 0.29) is 0 Å². The second kappa shape index (κ2) is 4.40. The molecule has 0 aromatic heterocycles. The molecule has 3 nitrogen and oxygen atoms in total. The van der Waals surface area contributed by atoms with Gasteiger partial charge in [-0.3, -0.25) is 0 Å². The summed E-state index contributed by atoms with van der Waals surface area (Å²) in [6.45, 7) is 2.63. The number of nitrogens with two attached hydrogens (primary N) is 1. The highest BCUT2D eigenvalue weighted by atomic mass is 16.5. The van der Waals surface area contributed by atoms with Crippen LogP contribution < -0.4 is 11.1 Å². The fraction of sp³-hybridized carbons (Fsp3) is 1.00. The van der Waals surface area contributed by atoms with Gasteiger partial charge < -0.3 is 15.8 Å². The van der Waals surface area contributed by atoms with Gasteiger partial charge in [-0.15, -0.1) is 0 Å². The molecule has 0 bridgehead atoms. The molecule has 76 valence electrons. The number of rotatable bonds is 4. The second-order valence-electron chi connectivity index (χ2n) is 4.23. The van der Waals surface area contributed by atoms with Crippen molar-refractivity contribution >= 4 is 0 Å². The largest absolute Gasteiger partial charge is 0.381 e. The van der Waals surface area contributed by atoms with E-state index in [0.29, 0.717) is 6.04 Å². The topological polar surface area (TPSA) is 47.3 Å². The fourth-order valence-electron chi connectivity index (χ4n) is 2.07. The summed E-state index contributed by atoms with van der Waals surface area (Å²) in [5, 5.41) is 3.63. The molecule has 2 aliphatic rings. The maximum absolute atomic E-state index is 5.78. The van der Waals surface area contributed by atoms with Crippen molar-refractivity contribution in [2.24, 2.45) is 11.7 Å². The molecule has 2 rings (SSSR count). The van der Waals surface area contributed by atoms with Crippen molar-refractivity contribution in [3.63, 3.8) is 0 Å². The van der Waals surface area contributed by atoms with Crippen LogP contribution in [0.2, 0.25) is 0 Å². The van der Waals surface area contributed by atoms with Gasteiger partial charge >= 0.3 is 0 Å². The van der Waals surface area contributed by atoms with Crippen LogP contribution in [-0.2, 0) is 4.74 Å². The fourth-order valence-corrected chi connectivity index (χ4v) is 2.07. The SMILES string of the molecule is NCC(NC1CC1)C1CCOCC1. The Hall–Kier alpha value is -0.120. The lowest BCUT2D eigenvalue weighted by Crippen LogP contribution is -2.45. The number of hydrogen-bond acceptors (Lipinski definition) is 3. The Bertz CT molecular complexity index is 153.